The molecule has 188 valence electrons. The molecule has 1 aliphatic carbocycles. The summed E-state index contributed by atoms with van der Waals surface area (Å²) in [6.07, 6.45) is -0.641. The van der Waals surface area contributed by atoms with E-state index in [0.29, 0.717) is 31.5 Å². The first-order chi connectivity index (χ1) is 16.5. The van der Waals surface area contributed by atoms with Gasteiger partial charge in [-0.15, -0.1) is 0 Å². The van der Waals surface area contributed by atoms with Crippen LogP contribution < -0.4 is 4.74 Å². The first-order valence-electron chi connectivity index (χ1n) is 11.6. The van der Waals surface area contributed by atoms with Gasteiger partial charge in [0, 0.05) is 18.6 Å². The van der Waals surface area contributed by atoms with Crippen molar-refractivity contribution in [1.82, 2.24) is 4.90 Å². The number of ether oxygens (including phenoxy) is 1. The van der Waals surface area contributed by atoms with Crippen LogP contribution in [0, 0.1) is 11.6 Å². The van der Waals surface area contributed by atoms with Gasteiger partial charge in [0.2, 0.25) is 0 Å². The highest BCUT2D eigenvalue weighted by atomic mass is 35.5. The topological polar surface area (TPSA) is 49.8 Å². The van der Waals surface area contributed by atoms with Crippen LogP contribution in [0.4, 0.5) is 22.0 Å². The summed E-state index contributed by atoms with van der Waals surface area (Å²) in [6, 6.07) is 4.03. The predicted octanol–water partition coefficient (Wildman–Crippen LogP) is 6.79. The second-order valence-electron chi connectivity index (χ2n) is 9.65. The molecule has 3 fully saturated rings. The number of halogens is 6. The molecule has 2 aliphatic heterocycles. The molecule has 35 heavy (non-hydrogen) atoms. The summed E-state index contributed by atoms with van der Waals surface area (Å²) < 4.78 is 74.0. The Bertz CT molecular complexity index is 1150. The maximum atomic E-state index is 14.5. The molecule has 10 heteroatoms. The molecule has 2 bridgehead atoms. The number of hydrogen-bond acceptors (Lipinski definition) is 3. The van der Waals surface area contributed by atoms with Crippen LogP contribution in [0.3, 0.4) is 0 Å². The molecule has 0 spiro atoms. The number of alkyl halides is 3. The van der Waals surface area contributed by atoms with Gasteiger partial charge < -0.3 is 9.84 Å². The Labute approximate surface area is 203 Å². The molecule has 2 unspecified atom stereocenters. The lowest BCUT2D eigenvalue weighted by Gasteiger charge is -2.39. The normalized spacial score (nSPS) is 24.6. The Morgan fingerprint density at radius 3 is 2.29 bits per heavy atom. The quantitative estimate of drug-likeness (QED) is 0.430. The van der Waals surface area contributed by atoms with E-state index in [0.717, 1.165) is 36.8 Å². The van der Waals surface area contributed by atoms with Crippen molar-refractivity contribution in [3.8, 4) is 5.75 Å². The number of carboxylic acids is 1. The SMILES string of the molecule is O=C(O)c1cc(C2CC2)c(CN2C3CC[C@H]2CC(Oc2cc(C(F)(F)F)cc(Cl)c2F)C3)cc1F. The van der Waals surface area contributed by atoms with Gasteiger partial charge in [-0.25, -0.2) is 13.6 Å². The van der Waals surface area contributed by atoms with Crippen molar-refractivity contribution in [2.24, 2.45) is 0 Å². The summed E-state index contributed by atoms with van der Waals surface area (Å²) in [5, 5.41) is 8.64. The Kier molecular flexibility index (Phi) is 6.20. The van der Waals surface area contributed by atoms with Gasteiger partial charge in [-0.3, -0.25) is 4.90 Å². The van der Waals surface area contributed by atoms with Crippen molar-refractivity contribution < 1.29 is 36.6 Å². The molecule has 3 atom stereocenters. The molecule has 4 nitrogen and oxygen atoms in total. The van der Waals surface area contributed by atoms with E-state index in [1.165, 1.54) is 12.1 Å². The van der Waals surface area contributed by atoms with Crippen LogP contribution >= 0.6 is 11.6 Å². The maximum Gasteiger partial charge on any atom is 0.416 e. The highest BCUT2D eigenvalue weighted by molar-refractivity contribution is 6.31. The van der Waals surface area contributed by atoms with Gasteiger partial charge in [0.25, 0.3) is 0 Å². The summed E-state index contributed by atoms with van der Waals surface area (Å²) >= 11 is 5.68. The number of hydrogen-bond donors (Lipinski definition) is 1. The molecule has 3 aliphatic rings. The second kappa shape index (κ2) is 8.92. The Balaban J connectivity index is 1.33. The van der Waals surface area contributed by atoms with Crippen molar-refractivity contribution in [2.75, 3.05) is 0 Å². The Morgan fingerprint density at radius 1 is 1.06 bits per heavy atom. The number of carboxylic acid groups (broad SMARTS) is 1. The van der Waals surface area contributed by atoms with Gasteiger partial charge in [-0.05, 0) is 79.8 Å². The first kappa shape index (κ1) is 24.3. The van der Waals surface area contributed by atoms with E-state index in [2.05, 4.69) is 4.90 Å². The summed E-state index contributed by atoms with van der Waals surface area (Å²) in [6.45, 7) is 0.453. The zero-order chi connectivity index (χ0) is 25.1. The number of piperidine rings is 1. The average molecular weight is 516 g/mol. The predicted molar refractivity (Wildman–Crippen MR) is 118 cm³/mol. The lowest BCUT2D eigenvalue weighted by Crippen LogP contribution is -2.46. The van der Waals surface area contributed by atoms with Gasteiger partial charge in [0.15, 0.2) is 11.6 Å². The molecule has 2 aromatic rings. The largest absolute Gasteiger partial charge is 0.487 e. The van der Waals surface area contributed by atoms with E-state index in [1.54, 1.807) is 0 Å². The van der Waals surface area contributed by atoms with E-state index >= 15 is 0 Å². The van der Waals surface area contributed by atoms with Crippen molar-refractivity contribution >= 4 is 17.6 Å². The van der Waals surface area contributed by atoms with E-state index in [4.69, 9.17) is 16.3 Å². The second-order valence-corrected chi connectivity index (χ2v) is 10.1. The van der Waals surface area contributed by atoms with Crippen molar-refractivity contribution in [1.29, 1.82) is 0 Å². The standard InChI is InChI=1S/C25H23ClF5NO3/c26-20-6-14(25(29,30)31)7-22(23(20)28)35-17-8-15-3-4-16(9-17)32(15)11-13-5-21(27)19(24(33)34)10-18(13)12-1-2-12/h5-7,10,12,15-17H,1-4,8-9,11H2,(H,33,34)/t15-,16?,17?/m0/s1. The average Bonchev–Trinajstić information content (AvgIpc) is 3.57. The van der Waals surface area contributed by atoms with E-state index < -0.39 is 46.2 Å². The minimum atomic E-state index is -4.68. The minimum absolute atomic E-state index is 0.0392. The van der Waals surface area contributed by atoms with Gasteiger partial charge in [0.05, 0.1) is 16.1 Å². The first-order valence-corrected chi connectivity index (χ1v) is 11.9. The van der Waals surface area contributed by atoms with Gasteiger partial charge >= 0.3 is 12.1 Å². The van der Waals surface area contributed by atoms with E-state index in [9.17, 15) is 31.9 Å². The van der Waals surface area contributed by atoms with Crippen LogP contribution in [0.5, 0.6) is 5.75 Å². The number of aromatic carboxylic acids is 1. The van der Waals surface area contributed by atoms with Gasteiger partial charge in [0.1, 0.15) is 11.9 Å². The maximum absolute atomic E-state index is 14.5. The Hall–Kier alpha value is -2.39. The molecule has 1 saturated carbocycles. The summed E-state index contributed by atoms with van der Waals surface area (Å²) in [4.78, 5) is 13.6. The number of benzene rings is 2. The molecule has 2 aromatic carbocycles. The third-order valence-electron chi connectivity index (χ3n) is 7.29. The van der Waals surface area contributed by atoms with Gasteiger partial charge in [-0.1, -0.05) is 11.6 Å². The molecule has 5 rings (SSSR count). The summed E-state index contributed by atoms with van der Waals surface area (Å²) in [5.41, 5.74) is 0.232. The number of nitrogens with zero attached hydrogens (tertiary/aromatic N) is 1. The van der Waals surface area contributed by atoms with Crippen LogP contribution in [0.25, 0.3) is 0 Å². The molecule has 2 saturated heterocycles. The van der Waals surface area contributed by atoms with Gasteiger partial charge in [-0.2, -0.15) is 13.2 Å². The summed E-state index contributed by atoms with van der Waals surface area (Å²) in [7, 11) is 0. The number of rotatable bonds is 6. The fraction of sp³-hybridized carbons (Fsp3) is 0.480. The van der Waals surface area contributed by atoms with Crippen molar-refractivity contribution in [3.05, 3.63) is 63.2 Å². The fourth-order valence-electron chi connectivity index (χ4n) is 5.47. The zero-order valence-electron chi connectivity index (χ0n) is 18.5. The lowest BCUT2D eigenvalue weighted by atomic mass is 9.95. The van der Waals surface area contributed by atoms with E-state index in [-0.39, 0.29) is 23.6 Å². The van der Waals surface area contributed by atoms with Crippen LogP contribution in [-0.2, 0) is 12.7 Å². The lowest BCUT2D eigenvalue weighted by molar-refractivity contribution is -0.137. The summed E-state index contributed by atoms with van der Waals surface area (Å²) in [5.74, 6) is -3.35. The monoisotopic (exact) mass is 515 g/mol. The molecule has 0 aromatic heterocycles. The third kappa shape index (κ3) is 4.85. The third-order valence-corrected chi connectivity index (χ3v) is 7.56. The molecular formula is C25H23ClF5NO3. The van der Waals surface area contributed by atoms with Crippen LogP contribution in [0.15, 0.2) is 24.3 Å². The van der Waals surface area contributed by atoms with Crippen LogP contribution in [0.1, 0.15) is 71.5 Å². The number of fused-ring (bicyclic) bond motifs is 2. The van der Waals surface area contributed by atoms with Crippen molar-refractivity contribution in [3.63, 3.8) is 0 Å². The molecule has 0 radical (unpaired) electrons. The minimum Gasteiger partial charge on any atom is -0.487 e. The van der Waals surface area contributed by atoms with Crippen LogP contribution in [-0.4, -0.2) is 34.2 Å². The highest BCUT2D eigenvalue weighted by Crippen LogP contribution is 2.45. The highest BCUT2D eigenvalue weighted by Gasteiger charge is 2.43. The molecular weight excluding hydrogens is 493 g/mol. The van der Waals surface area contributed by atoms with Crippen molar-refractivity contribution in [2.45, 2.75) is 75.4 Å². The van der Waals surface area contributed by atoms with E-state index in [1.807, 2.05) is 0 Å². The van der Waals surface area contributed by atoms with Crippen LogP contribution in [0.2, 0.25) is 5.02 Å². The number of carbonyl (C=O) groups is 1. The molecule has 2 heterocycles. The Morgan fingerprint density at radius 2 is 1.71 bits per heavy atom. The smallest absolute Gasteiger partial charge is 0.416 e. The molecule has 0 amide bonds. The fourth-order valence-corrected chi connectivity index (χ4v) is 5.69. The molecule has 1 N–H and O–H groups in total. The zero-order valence-corrected chi connectivity index (χ0v) is 19.3.